The van der Waals surface area contributed by atoms with Crippen LogP contribution in [0, 0.1) is 5.82 Å². The van der Waals surface area contributed by atoms with E-state index in [1.807, 2.05) is 19.3 Å². The van der Waals surface area contributed by atoms with Gasteiger partial charge >= 0.3 is 0 Å². The predicted octanol–water partition coefficient (Wildman–Crippen LogP) is 5.84. The van der Waals surface area contributed by atoms with Crippen LogP contribution in [-0.4, -0.2) is 18.6 Å². The average Bonchev–Trinajstić information content (AvgIpc) is 2.79. The van der Waals surface area contributed by atoms with Crippen molar-refractivity contribution in [3.8, 4) is 11.1 Å². The van der Waals surface area contributed by atoms with Crippen LogP contribution in [0.4, 0.5) is 15.9 Å². The second-order valence-electron chi connectivity index (χ2n) is 8.96. The molecule has 1 aliphatic carbocycles. The maximum absolute atomic E-state index is 16.0. The highest BCUT2D eigenvalue weighted by molar-refractivity contribution is 5.68. The molecule has 0 atom stereocenters. The maximum atomic E-state index is 16.0. The lowest BCUT2D eigenvalue weighted by Gasteiger charge is -2.29. The molecule has 1 saturated carbocycles. The van der Waals surface area contributed by atoms with Crippen molar-refractivity contribution in [3.63, 3.8) is 0 Å². The van der Waals surface area contributed by atoms with Gasteiger partial charge in [0.1, 0.15) is 11.6 Å². The standard InChI is InChI=1S/C27H31FN4/c1-29-32-22-10-7-18(8-11-22)9-12-25-23(19-4-2-5-19)13-14-24(26(25)28)21-16-20-6-3-15-30-27(20)31-17-21/h7-8,10-11,13-14,16-17,19,29,32H,2-6,9,12,15H2,1H3,(H,30,31). The first-order valence-electron chi connectivity index (χ1n) is 11.8. The van der Waals surface area contributed by atoms with Crippen molar-refractivity contribution in [2.24, 2.45) is 0 Å². The molecule has 1 aliphatic heterocycles. The van der Waals surface area contributed by atoms with E-state index in [4.69, 9.17) is 0 Å². The minimum Gasteiger partial charge on any atom is -0.370 e. The number of nitrogens with one attached hydrogen (secondary N) is 3. The monoisotopic (exact) mass is 430 g/mol. The Morgan fingerprint density at radius 2 is 1.91 bits per heavy atom. The van der Waals surface area contributed by atoms with Gasteiger partial charge in [0.05, 0.1) is 0 Å². The van der Waals surface area contributed by atoms with E-state index in [0.717, 1.165) is 48.4 Å². The normalized spacial score (nSPS) is 15.6. The summed E-state index contributed by atoms with van der Waals surface area (Å²) >= 11 is 0. The van der Waals surface area contributed by atoms with Gasteiger partial charge in [-0.25, -0.2) is 14.8 Å². The molecule has 0 unspecified atom stereocenters. The number of halogens is 1. The van der Waals surface area contributed by atoms with E-state index in [1.54, 1.807) is 0 Å². The van der Waals surface area contributed by atoms with Crippen LogP contribution in [0.2, 0.25) is 0 Å². The van der Waals surface area contributed by atoms with Crippen molar-refractivity contribution >= 4 is 11.5 Å². The van der Waals surface area contributed by atoms with Crippen LogP contribution in [0.5, 0.6) is 0 Å². The molecule has 3 N–H and O–H groups in total. The Kier molecular flexibility index (Phi) is 6.08. The van der Waals surface area contributed by atoms with Gasteiger partial charge in [-0.2, -0.15) is 0 Å². The summed E-state index contributed by atoms with van der Waals surface area (Å²) in [6.45, 7) is 0.958. The number of rotatable bonds is 7. The van der Waals surface area contributed by atoms with E-state index in [1.165, 1.54) is 36.0 Å². The lowest BCUT2D eigenvalue weighted by Crippen LogP contribution is -2.15. The Hall–Kier alpha value is -2.92. The quantitative estimate of drug-likeness (QED) is 0.412. The topological polar surface area (TPSA) is 49.0 Å². The number of aromatic nitrogens is 1. The molecule has 1 fully saturated rings. The minimum absolute atomic E-state index is 0.0617. The third kappa shape index (κ3) is 4.22. The fourth-order valence-electron chi connectivity index (χ4n) is 4.88. The van der Waals surface area contributed by atoms with Crippen LogP contribution in [-0.2, 0) is 19.3 Å². The number of fused-ring (bicyclic) bond motifs is 1. The molecule has 0 radical (unpaired) electrons. The van der Waals surface area contributed by atoms with Gasteiger partial charge in [0.15, 0.2) is 0 Å². The van der Waals surface area contributed by atoms with Crippen LogP contribution in [0.1, 0.15) is 53.9 Å². The van der Waals surface area contributed by atoms with Crippen molar-refractivity contribution in [2.75, 3.05) is 24.3 Å². The summed E-state index contributed by atoms with van der Waals surface area (Å²) in [6.07, 6.45) is 9.03. The smallest absolute Gasteiger partial charge is 0.134 e. The maximum Gasteiger partial charge on any atom is 0.134 e. The number of benzene rings is 2. The van der Waals surface area contributed by atoms with Crippen molar-refractivity contribution < 1.29 is 4.39 Å². The van der Waals surface area contributed by atoms with Gasteiger partial charge in [-0.15, -0.1) is 0 Å². The SMILES string of the molecule is CNNc1ccc(CCc2c(C3CCC3)ccc(-c3cnc4c(c3)CCCN4)c2F)cc1. The number of nitrogens with zero attached hydrogens (tertiary/aromatic N) is 1. The summed E-state index contributed by atoms with van der Waals surface area (Å²) in [5.74, 6) is 1.39. The van der Waals surface area contributed by atoms with E-state index in [2.05, 4.69) is 57.6 Å². The molecule has 0 spiro atoms. The Balaban J connectivity index is 1.44. The Morgan fingerprint density at radius 1 is 1.06 bits per heavy atom. The second-order valence-corrected chi connectivity index (χ2v) is 8.96. The number of hydrogen-bond donors (Lipinski definition) is 3. The zero-order valence-corrected chi connectivity index (χ0v) is 18.7. The highest BCUT2D eigenvalue weighted by Crippen LogP contribution is 2.41. The Morgan fingerprint density at radius 3 is 2.66 bits per heavy atom. The van der Waals surface area contributed by atoms with Crippen molar-refractivity contribution in [3.05, 3.63) is 76.7 Å². The van der Waals surface area contributed by atoms with Crippen molar-refractivity contribution in [1.29, 1.82) is 0 Å². The van der Waals surface area contributed by atoms with E-state index in [-0.39, 0.29) is 5.82 Å². The molecule has 3 aromatic rings. The molecule has 32 heavy (non-hydrogen) atoms. The molecule has 5 rings (SSSR count). The highest BCUT2D eigenvalue weighted by Gasteiger charge is 2.25. The number of pyridine rings is 1. The minimum atomic E-state index is -0.0617. The zero-order chi connectivity index (χ0) is 21.9. The molecule has 0 bridgehead atoms. The molecule has 0 amide bonds. The first-order valence-corrected chi connectivity index (χ1v) is 11.8. The van der Waals surface area contributed by atoms with Gasteiger partial charge < -0.3 is 10.7 Å². The van der Waals surface area contributed by atoms with Gasteiger partial charge in [-0.05, 0) is 84.9 Å². The lowest BCUT2D eigenvalue weighted by atomic mass is 9.76. The van der Waals surface area contributed by atoms with Gasteiger partial charge in [0, 0.05) is 36.6 Å². The molecule has 166 valence electrons. The molecule has 0 saturated heterocycles. The number of hydrazine groups is 1. The molecule has 5 heteroatoms. The molecule has 2 aromatic carbocycles. The Labute approximate surface area is 189 Å². The van der Waals surface area contributed by atoms with E-state index in [9.17, 15) is 0 Å². The van der Waals surface area contributed by atoms with Crippen LogP contribution in [0.15, 0.2) is 48.7 Å². The summed E-state index contributed by atoms with van der Waals surface area (Å²) in [5, 5.41) is 3.34. The van der Waals surface area contributed by atoms with E-state index >= 15 is 4.39 Å². The second kappa shape index (κ2) is 9.29. The predicted molar refractivity (Wildman–Crippen MR) is 130 cm³/mol. The highest BCUT2D eigenvalue weighted by atomic mass is 19.1. The summed E-state index contributed by atoms with van der Waals surface area (Å²) in [6, 6.07) is 14.6. The molecule has 1 aromatic heterocycles. The van der Waals surface area contributed by atoms with E-state index in [0.29, 0.717) is 17.9 Å². The average molecular weight is 431 g/mol. The summed E-state index contributed by atoms with van der Waals surface area (Å²) in [4.78, 5) is 4.58. The molecular weight excluding hydrogens is 399 g/mol. The fraction of sp³-hybridized carbons (Fsp3) is 0.370. The van der Waals surface area contributed by atoms with Crippen LogP contribution in [0.25, 0.3) is 11.1 Å². The third-order valence-corrected chi connectivity index (χ3v) is 6.90. The van der Waals surface area contributed by atoms with Gasteiger partial charge in [0.25, 0.3) is 0 Å². The fourth-order valence-corrected chi connectivity index (χ4v) is 4.88. The summed E-state index contributed by atoms with van der Waals surface area (Å²) in [7, 11) is 1.85. The lowest BCUT2D eigenvalue weighted by molar-refractivity contribution is 0.414. The van der Waals surface area contributed by atoms with Crippen molar-refractivity contribution in [2.45, 2.75) is 50.9 Å². The van der Waals surface area contributed by atoms with Gasteiger partial charge in [-0.3, -0.25) is 0 Å². The number of aryl methyl sites for hydroxylation is 2. The third-order valence-electron chi connectivity index (χ3n) is 6.90. The first-order chi connectivity index (χ1) is 15.7. The summed E-state index contributed by atoms with van der Waals surface area (Å²) < 4.78 is 16.0. The zero-order valence-electron chi connectivity index (χ0n) is 18.7. The summed E-state index contributed by atoms with van der Waals surface area (Å²) in [5.41, 5.74) is 13.1. The number of hydrogen-bond acceptors (Lipinski definition) is 4. The van der Waals surface area contributed by atoms with E-state index < -0.39 is 0 Å². The van der Waals surface area contributed by atoms with Crippen LogP contribution in [0.3, 0.4) is 0 Å². The van der Waals surface area contributed by atoms with Gasteiger partial charge in [0.2, 0.25) is 0 Å². The molecule has 4 nitrogen and oxygen atoms in total. The van der Waals surface area contributed by atoms with Crippen molar-refractivity contribution in [1.82, 2.24) is 10.4 Å². The molecular formula is C27H31FN4. The van der Waals surface area contributed by atoms with Crippen LogP contribution >= 0.6 is 0 Å². The van der Waals surface area contributed by atoms with Gasteiger partial charge in [-0.1, -0.05) is 30.7 Å². The molecule has 2 aliphatic rings. The van der Waals surface area contributed by atoms with Crippen LogP contribution < -0.4 is 16.2 Å². The Bertz CT molecular complexity index is 1090. The molecule has 2 heterocycles. The number of anilines is 2. The largest absolute Gasteiger partial charge is 0.370 e. The first kappa shape index (κ1) is 21.0.